The maximum Gasteiger partial charge on any atom is 1.00 e. The third-order valence-electron chi connectivity index (χ3n) is 0.636. The van der Waals surface area contributed by atoms with Crippen LogP contribution in [0.5, 0.6) is 0 Å². The van der Waals surface area contributed by atoms with Gasteiger partial charge in [0.1, 0.15) is 5.78 Å². The molecule has 0 heterocycles. The summed E-state index contributed by atoms with van der Waals surface area (Å²) in [7, 11) is 0. The van der Waals surface area contributed by atoms with Crippen LogP contribution >= 0.6 is 0 Å². The predicted octanol–water partition coefficient (Wildman–Crippen LogP) is -1.56. The van der Waals surface area contributed by atoms with Crippen LogP contribution in [-0.2, 0) is 4.79 Å². The smallest absolute Gasteiger partial charge is 0.340 e. The fourth-order valence-electron chi connectivity index (χ4n) is 0.491. The van der Waals surface area contributed by atoms with Gasteiger partial charge in [0.25, 0.3) is 0 Å². The number of rotatable bonds is 2. The fraction of sp³-hybridized carbons (Fsp3) is 0.667. The van der Waals surface area contributed by atoms with Crippen molar-refractivity contribution in [2.45, 2.75) is 20.3 Å². The van der Waals surface area contributed by atoms with Crippen LogP contribution in [0.15, 0.2) is 0 Å². The Kier molecular flexibility index (Phi) is 10.6. The number of hydrogen-bond acceptors (Lipinski definition) is 1. The van der Waals surface area contributed by atoms with Crippen molar-refractivity contribution < 1.29 is 73.7 Å². The largest absolute Gasteiger partial charge is 1.00 e. The third-order valence-corrected chi connectivity index (χ3v) is 0.636. The maximum absolute atomic E-state index is 10.2. The molecule has 0 saturated carbocycles. The van der Waals surface area contributed by atoms with Crippen molar-refractivity contribution in [3.63, 3.8) is 0 Å². The van der Waals surface area contributed by atoms with Gasteiger partial charge in [0.2, 0.25) is 0 Å². The zero-order valence-corrected chi connectivity index (χ0v) is 12.2. The van der Waals surface area contributed by atoms with Crippen molar-refractivity contribution in [1.82, 2.24) is 0 Å². The van der Waals surface area contributed by atoms with Gasteiger partial charge in [-0.25, -0.2) is 0 Å². The molecule has 2 heteroatoms. The third kappa shape index (κ3) is 10.7. The van der Waals surface area contributed by atoms with Crippen LogP contribution in [0.3, 0.4) is 0 Å². The summed E-state index contributed by atoms with van der Waals surface area (Å²) in [5, 5.41) is 0. The van der Waals surface area contributed by atoms with E-state index in [-0.39, 0.29) is 80.6 Å². The van der Waals surface area contributed by atoms with Gasteiger partial charge in [-0.3, -0.25) is 0 Å². The molecule has 0 aliphatic carbocycles. The van der Waals surface area contributed by atoms with Crippen LogP contribution < -0.4 is 68.9 Å². The van der Waals surface area contributed by atoms with E-state index in [0.717, 1.165) is 0 Å². The van der Waals surface area contributed by atoms with Crippen molar-refractivity contribution in [1.29, 1.82) is 0 Å². The standard InChI is InChI=1S/C6H11O.Cs/c1-5(2)4-6(3)7;/h5H,1,4H2,2-3H3;/q-1;+1. The fourth-order valence-corrected chi connectivity index (χ4v) is 0.491. The second-order valence-electron chi connectivity index (χ2n) is 2.01. The number of hydrogen-bond donors (Lipinski definition) is 0. The number of carbonyl (C=O) groups is 1. The molecule has 0 amide bonds. The van der Waals surface area contributed by atoms with E-state index in [0.29, 0.717) is 6.42 Å². The molecule has 0 aromatic carbocycles. The molecule has 8 heavy (non-hydrogen) atoms. The summed E-state index contributed by atoms with van der Waals surface area (Å²) in [4.78, 5) is 10.2. The molecule has 0 N–H and O–H groups in total. The molecule has 0 aliphatic heterocycles. The molecule has 0 aliphatic rings. The Bertz CT molecular complexity index is 68.9. The van der Waals surface area contributed by atoms with E-state index in [1.807, 2.05) is 6.92 Å². The van der Waals surface area contributed by atoms with Gasteiger partial charge >= 0.3 is 68.9 Å². The van der Waals surface area contributed by atoms with Crippen molar-refractivity contribution in [3.05, 3.63) is 6.92 Å². The first kappa shape index (κ1) is 12.4. The Morgan fingerprint density at radius 2 is 2.12 bits per heavy atom. The van der Waals surface area contributed by atoms with Gasteiger partial charge in [0.15, 0.2) is 0 Å². The predicted molar refractivity (Wildman–Crippen MR) is 29.8 cm³/mol. The van der Waals surface area contributed by atoms with E-state index in [1.165, 1.54) is 0 Å². The van der Waals surface area contributed by atoms with Crippen LogP contribution in [0.2, 0.25) is 0 Å². The Balaban J connectivity index is 0. The average Bonchev–Trinajstić information content (AvgIpc) is 1.27. The zero-order chi connectivity index (χ0) is 5.86. The van der Waals surface area contributed by atoms with Crippen molar-refractivity contribution in [3.8, 4) is 0 Å². The molecule has 0 radical (unpaired) electrons. The van der Waals surface area contributed by atoms with Crippen LogP contribution in [0, 0.1) is 12.8 Å². The summed E-state index contributed by atoms with van der Waals surface area (Å²) in [5.41, 5.74) is 0. The van der Waals surface area contributed by atoms with Gasteiger partial charge in [-0.1, -0.05) is 6.92 Å². The zero-order valence-electron chi connectivity index (χ0n) is 5.90. The molecule has 1 unspecified atom stereocenters. The van der Waals surface area contributed by atoms with Gasteiger partial charge in [-0.2, -0.15) is 5.92 Å². The Morgan fingerprint density at radius 1 is 1.75 bits per heavy atom. The molecule has 1 nitrogen and oxygen atoms in total. The topological polar surface area (TPSA) is 17.1 Å². The summed E-state index contributed by atoms with van der Waals surface area (Å²) >= 11 is 0. The Morgan fingerprint density at radius 3 is 2.12 bits per heavy atom. The van der Waals surface area contributed by atoms with Crippen LogP contribution in [0.4, 0.5) is 0 Å². The number of carbonyl (C=O) groups excluding carboxylic acids is 1. The van der Waals surface area contributed by atoms with Gasteiger partial charge in [-0.05, 0) is 13.3 Å². The summed E-state index contributed by atoms with van der Waals surface area (Å²) in [5.74, 6) is 0.500. The quantitative estimate of drug-likeness (QED) is 0.526. The monoisotopic (exact) mass is 232 g/mol. The average molecular weight is 232 g/mol. The van der Waals surface area contributed by atoms with Gasteiger partial charge in [-0.15, -0.1) is 0 Å². The van der Waals surface area contributed by atoms with E-state index >= 15 is 0 Å². The van der Waals surface area contributed by atoms with Crippen LogP contribution in [0.1, 0.15) is 20.3 Å². The maximum atomic E-state index is 10.2. The molecule has 1 atom stereocenters. The Hall–Kier alpha value is 1.72. The van der Waals surface area contributed by atoms with E-state index in [1.54, 1.807) is 6.92 Å². The minimum atomic E-state index is 0. The number of ketones is 1. The van der Waals surface area contributed by atoms with Crippen LogP contribution in [0.25, 0.3) is 0 Å². The van der Waals surface area contributed by atoms with Gasteiger partial charge in [0.05, 0.1) is 0 Å². The molecule has 0 aromatic rings. The van der Waals surface area contributed by atoms with E-state index < -0.39 is 0 Å². The minimum absolute atomic E-state index is 0. The molecule has 0 fully saturated rings. The second kappa shape index (κ2) is 6.84. The first-order valence-corrected chi connectivity index (χ1v) is 2.45. The van der Waals surface area contributed by atoms with Crippen LogP contribution in [-0.4, -0.2) is 5.78 Å². The molecular formula is C6H11CsO. The second-order valence-corrected chi connectivity index (χ2v) is 2.01. The van der Waals surface area contributed by atoms with Crippen molar-refractivity contribution in [2.75, 3.05) is 0 Å². The summed E-state index contributed by atoms with van der Waals surface area (Å²) in [6, 6.07) is 0. The summed E-state index contributed by atoms with van der Waals surface area (Å²) in [6.07, 6.45) is 0.611. The van der Waals surface area contributed by atoms with Crippen molar-refractivity contribution >= 4 is 5.78 Å². The molecular weight excluding hydrogens is 221 g/mol. The van der Waals surface area contributed by atoms with Crippen molar-refractivity contribution in [2.24, 2.45) is 5.92 Å². The van der Waals surface area contributed by atoms with E-state index in [9.17, 15) is 4.79 Å². The Labute approximate surface area is 110 Å². The molecule has 0 aromatic heterocycles. The molecule has 42 valence electrons. The first-order valence-electron chi connectivity index (χ1n) is 2.45. The normalized spacial score (nSPS) is 11.9. The van der Waals surface area contributed by atoms with E-state index in [4.69, 9.17) is 0 Å². The number of Topliss-reactive ketones (excluding diaryl/α,β-unsaturated/α-hetero) is 1. The van der Waals surface area contributed by atoms with Gasteiger partial charge < -0.3 is 11.7 Å². The summed E-state index contributed by atoms with van der Waals surface area (Å²) in [6.45, 7) is 7.17. The van der Waals surface area contributed by atoms with Gasteiger partial charge in [0, 0.05) is 0 Å². The molecule has 0 spiro atoms. The first-order chi connectivity index (χ1) is 3.13. The van der Waals surface area contributed by atoms with E-state index in [2.05, 4.69) is 6.92 Å². The summed E-state index contributed by atoms with van der Waals surface area (Å²) < 4.78 is 0. The molecule has 0 rings (SSSR count). The minimum Gasteiger partial charge on any atom is -0.340 e. The molecule has 0 saturated heterocycles. The SMILES string of the molecule is [CH2-]C(C)CC(C)=O.[Cs+]. The molecule has 0 bridgehead atoms.